The molecular formula is C29H26N2O5. The van der Waals surface area contributed by atoms with Crippen molar-refractivity contribution in [2.24, 2.45) is 0 Å². The predicted octanol–water partition coefficient (Wildman–Crippen LogP) is 4.59. The second-order valence-corrected chi connectivity index (χ2v) is 8.91. The van der Waals surface area contributed by atoms with Crippen LogP contribution >= 0.6 is 0 Å². The second-order valence-electron chi connectivity index (χ2n) is 8.91. The van der Waals surface area contributed by atoms with Gasteiger partial charge in [0.15, 0.2) is 0 Å². The van der Waals surface area contributed by atoms with Gasteiger partial charge in [-0.15, -0.1) is 0 Å². The molecule has 7 heteroatoms. The van der Waals surface area contributed by atoms with Crippen LogP contribution in [-0.2, 0) is 22.6 Å². The number of pyridine rings is 1. The van der Waals surface area contributed by atoms with E-state index in [1.165, 1.54) is 4.90 Å². The first-order valence-corrected chi connectivity index (χ1v) is 11.8. The molecule has 1 fully saturated rings. The van der Waals surface area contributed by atoms with Crippen molar-refractivity contribution in [1.82, 2.24) is 9.88 Å². The number of benzene rings is 2. The Bertz CT molecular complexity index is 1370. The monoisotopic (exact) mass is 482 g/mol. The third kappa shape index (κ3) is 4.35. The van der Waals surface area contributed by atoms with Gasteiger partial charge in [0.25, 0.3) is 11.7 Å². The molecule has 0 spiro atoms. The standard InChI is InChI=1S/C29H26N2O5/c1-3-13-35-23-6-4-5-20(16-23)26-25(27(32)21-7-8-24-22(15-21)14-18(2)36-24)28(33)29(34)31(26)17-19-9-11-30-12-10-19/h3-12,15-16,18,26,32H,1,13-14,17H2,2H3/t18-,26-/m1/s1. The van der Waals surface area contributed by atoms with Gasteiger partial charge in [0.2, 0.25) is 0 Å². The molecule has 0 bridgehead atoms. The average molecular weight is 483 g/mol. The Hall–Kier alpha value is -4.39. The Morgan fingerprint density at radius 3 is 2.78 bits per heavy atom. The summed E-state index contributed by atoms with van der Waals surface area (Å²) in [6.45, 7) is 6.15. The van der Waals surface area contributed by atoms with Gasteiger partial charge in [-0.3, -0.25) is 14.6 Å². The Kier molecular flexibility index (Phi) is 6.29. The van der Waals surface area contributed by atoms with E-state index in [-0.39, 0.29) is 24.0 Å². The number of ketones is 1. The smallest absolute Gasteiger partial charge is 0.295 e. The first kappa shape index (κ1) is 23.4. The van der Waals surface area contributed by atoms with Gasteiger partial charge < -0.3 is 19.5 Å². The highest BCUT2D eigenvalue weighted by atomic mass is 16.5. The van der Waals surface area contributed by atoms with E-state index in [1.54, 1.807) is 60.9 Å². The molecule has 1 saturated heterocycles. The van der Waals surface area contributed by atoms with Crippen molar-refractivity contribution in [3.8, 4) is 11.5 Å². The molecule has 7 nitrogen and oxygen atoms in total. The van der Waals surface area contributed by atoms with E-state index in [4.69, 9.17) is 9.47 Å². The number of amides is 1. The largest absolute Gasteiger partial charge is 0.507 e. The SMILES string of the molecule is C=CCOc1cccc([C@@H]2C(=C(O)c3ccc4c(c3)C[C@@H](C)O4)C(=O)C(=O)N2Cc2ccncc2)c1. The zero-order chi connectivity index (χ0) is 25.2. The summed E-state index contributed by atoms with van der Waals surface area (Å²) in [6, 6.07) is 15.3. The Labute approximate surface area is 209 Å². The minimum Gasteiger partial charge on any atom is -0.507 e. The number of rotatable bonds is 7. The highest BCUT2D eigenvalue weighted by molar-refractivity contribution is 6.46. The zero-order valence-electron chi connectivity index (χ0n) is 19.9. The number of hydrogen-bond acceptors (Lipinski definition) is 6. The van der Waals surface area contributed by atoms with Crippen LogP contribution in [0, 0.1) is 0 Å². The fraction of sp³-hybridized carbons (Fsp3) is 0.207. The van der Waals surface area contributed by atoms with E-state index in [0.717, 1.165) is 16.9 Å². The molecule has 3 aromatic rings. The summed E-state index contributed by atoms with van der Waals surface area (Å²) in [4.78, 5) is 32.1. The lowest BCUT2D eigenvalue weighted by Crippen LogP contribution is -2.29. The van der Waals surface area contributed by atoms with E-state index in [0.29, 0.717) is 29.9 Å². The van der Waals surface area contributed by atoms with Crippen LogP contribution in [0.3, 0.4) is 0 Å². The van der Waals surface area contributed by atoms with Crippen molar-refractivity contribution >= 4 is 17.4 Å². The van der Waals surface area contributed by atoms with Gasteiger partial charge in [0.05, 0.1) is 11.6 Å². The van der Waals surface area contributed by atoms with Crippen LogP contribution in [0.4, 0.5) is 0 Å². The number of Topliss-reactive ketones (excluding diaryl/α,β-unsaturated/α-hetero) is 1. The lowest BCUT2D eigenvalue weighted by Gasteiger charge is -2.25. The number of hydrogen-bond donors (Lipinski definition) is 1. The van der Waals surface area contributed by atoms with Crippen LogP contribution < -0.4 is 9.47 Å². The van der Waals surface area contributed by atoms with Crippen LogP contribution in [0.2, 0.25) is 0 Å². The molecule has 0 unspecified atom stereocenters. The molecule has 0 aliphatic carbocycles. The molecule has 3 heterocycles. The summed E-state index contributed by atoms with van der Waals surface area (Å²) < 4.78 is 11.5. The number of carbonyl (C=O) groups excluding carboxylic acids is 2. The lowest BCUT2D eigenvalue weighted by molar-refractivity contribution is -0.140. The third-order valence-electron chi connectivity index (χ3n) is 6.35. The van der Waals surface area contributed by atoms with Gasteiger partial charge in [-0.2, -0.15) is 0 Å². The van der Waals surface area contributed by atoms with Crippen molar-refractivity contribution in [3.05, 3.63) is 107 Å². The van der Waals surface area contributed by atoms with Crippen molar-refractivity contribution in [3.63, 3.8) is 0 Å². The van der Waals surface area contributed by atoms with Crippen molar-refractivity contribution in [2.75, 3.05) is 6.61 Å². The molecule has 1 aromatic heterocycles. The lowest BCUT2D eigenvalue weighted by atomic mass is 9.94. The summed E-state index contributed by atoms with van der Waals surface area (Å²) in [7, 11) is 0. The van der Waals surface area contributed by atoms with E-state index < -0.39 is 17.7 Å². The van der Waals surface area contributed by atoms with Gasteiger partial charge >= 0.3 is 0 Å². The van der Waals surface area contributed by atoms with Gasteiger partial charge in [-0.25, -0.2) is 0 Å². The molecule has 1 N–H and O–H groups in total. The number of ether oxygens (including phenoxy) is 2. The number of carbonyl (C=O) groups is 2. The number of likely N-dealkylation sites (tertiary alicyclic amines) is 1. The molecule has 2 aliphatic rings. The topological polar surface area (TPSA) is 89.0 Å². The maximum Gasteiger partial charge on any atom is 0.295 e. The molecule has 36 heavy (non-hydrogen) atoms. The molecule has 2 atom stereocenters. The summed E-state index contributed by atoms with van der Waals surface area (Å²) in [5.41, 5.74) is 2.94. The Morgan fingerprint density at radius 1 is 1.19 bits per heavy atom. The van der Waals surface area contributed by atoms with Gasteiger partial charge in [0, 0.05) is 30.9 Å². The molecule has 2 aliphatic heterocycles. The summed E-state index contributed by atoms with van der Waals surface area (Å²) in [5.74, 6) is -0.273. The number of aromatic nitrogens is 1. The number of aliphatic hydroxyl groups excluding tert-OH is 1. The minimum absolute atomic E-state index is 0.0432. The fourth-order valence-electron chi connectivity index (χ4n) is 4.73. The molecule has 0 radical (unpaired) electrons. The van der Waals surface area contributed by atoms with Crippen LogP contribution in [0.25, 0.3) is 5.76 Å². The normalized spacial score (nSPS) is 20.2. The van der Waals surface area contributed by atoms with Crippen LogP contribution in [-0.4, -0.2) is 39.4 Å². The number of nitrogens with zero attached hydrogens (tertiary/aromatic N) is 2. The third-order valence-corrected chi connectivity index (χ3v) is 6.35. The van der Waals surface area contributed by atoms with Crippen molar-refractivity contribution in [2.45, 2.75) is 32.0 Å². The molecule has 1 amide bonds. The second kappa shape index (κ2) is 9.70. The number of aliphatic hydroxyl groups is 1. The van der Waals surface area contributed by atoms with Gasteiger partial charge in [-0.05, 0) is 66.1 Å². The zero-order valence-corrected chi connectivity index (χ0v) is 19.9. The fourth-order valence-corrected chi connectivity index (χ4v) is 4.73. The maximum absolute atomic E-state index is 13.4. The average Bonchev–Trinajstić information content (AvgIpc) is 3.39. The predicted molar refractivity (Wildman–Crippen MR) is 134 cm³/mol. The van der Waals surface area contributed by atoms with Crippen molar-refractivity contribution in [1.29, 1.82) is 0 Å². The minimum atomic E-state index is -0.797. The van der Waals surface area contributed by atoms with E-state index in [1.807, 2.05) is 19.1 Å². The highest BCUT2D eigenvalue weighted by Gasteiger charge is 2.46. The van der Waals surface area contributed by atoms with E-state index >= 15 is 0 Å². The summed E-state index contributed by atoms with van der Waals surface area (Å²) in [5, 5.41) is 11.4. The highest BCUT2D eigenvalue weighted by Crippen LogP contribution is 2.42. The first-order chi connectivity index (χ1) is 17.5. The Morgan fingerprint density at radius 2 is 2.00 bits per heavy atom. The summed E-state index contributed by atoms with van der Waals surface area (Å²) >= 11 is 0. The van der Waals surface area contributed by atoms with Crippen LogP contribution in [0.1, 0.15) is 35.2 Å². The van der Waals surface area contributed by atoms with Gasteiger partial charge in [0.1, 0.15) is 30.0 Å². The van der Waals surface area contributed by atoms with Crippen molar-refractivity contribution < 1.29 is 24.2 Å². The molecule has 0 saturated carbocycles. The maximum atomic E-state index is 13.4. The molecule has 182 valence electrons. The Balaban J connectivity index is 1.62. The van der Waals surface area contributed by atoms with Gasteiger partial charge in [-0.1, -0.05) is 24.8 Å². The van der Waals surface area contributed by atoms with Crippen LogP contribution in [0.5, 0.6) is 11.5 Å². The molecule has 2 aromatic carbocycles. The summed E-state index contributed by atoms with van der Waals surface area (Å²) in [6.07, 6.45) is 5.66. The molecular weight excluding hydrogens is 456 g/mol. The first-order valence-electron chi connectivity index (χ1n) is 11.8. The molecule has 5 rings (SSSR count). The number of fused-ring (bicyclic) bond motifs is 1. The van der Waals surface area contributed by atoms with E-state index in [9.17, 15) is 14.7 Å². The van der Waals surface area contributed by atoms with E-state index in [2.05, 4.69) is 11.6 Å². The quantitative estimate of drug-likeness (QED) is 0.229. The van der Waals surface area contributed by atoms with Crippen LogP contribution in [0.15, 0.2) is 85.2 Å².